The normalized spacial score (nSPS) is 16.3. The van der Waals surface area contributed by atoms with Crippen LogP contribution in [0, 0.1) is 20.2 Å². The molecule has 4 aromatic rings. The van der Waals surface area contributed by atoms with Crippen LogP contribution < -0.4 is 14.9 Å². The van der Waals surface area contributed by atoms with Crippen LogP contribution in [0.4, 0.5) is 11.4 Å². The number of phenols is 1. The van der Waals surface area contributed by atoms with Crippen molar-refractivity contribution in [2.75, 3.05) is 0 Å². The van der Waals surface area contributed by atoms with E-state index < -0.39 is 27.3 Å². The number of fused-ring (bicyclic) bond motifs is 3. The van der Waals surface area contributed by atoms with Gasteiger partial charge in [-0.3, -0.25) is 29.6 Å². The third kappa shape index (κ3) is 3.80. The number of aryl methyl sites for hydroxylation is 1. The number of hydrogen-bond donors (Lipinski definition) is 1. The predicted molar refractivity (Wildman–Crippen MR) is 141 cm³/mol. The Kier molecular flexibility index (Phi) is 5.50. The lowest BCUT2D eigenvalue weighted by molar-refractivity contribution is -0.385. The Labute approximate surface area is 218 Å². The molecule has 38 heavy (non-hydrogen) atoms. The van der Waals surface area contributed by atoms with Gasteiger partial charge in [0.2, 0.25) is 0 Å². The van der Waals surface area contributed by atoms with Gasteiger partial charge < -0.3 is 5.11 Å². The maximum Gasteiger partial charge on any atom is 0.311 e. The maximum absolute atomic E-state index is 13.8. The summed E-state index contributed by atoms with van der Waals surface area (Å²) in [6, 6.07) is 17.5. The van der Waals surface area contributed by atoms with Gasteiger partial charge in [-0.05, 0) is 47.2 Å². The highest BCUT2D eigenvalue weighted by atomic mass is 32.1. The van der Waals surface area contributed by atoms with Gasteiger partial charge in [0.25, 0.3) is 11.2 Å². The molecule has 0 amide bonds. The highest BCUT2D eigenvalue weighted by Gasteiger charge is 2.33. The van der Waals surface area contributed by atoms with E-state index in [1.54, 1.807) is 16.7 Å². The summed E-state index contributed by atoms with van der Waals surface area (Å²) in [6.07, 6.45) is 2.91. The van der Waals surface area contributed by atoms with Crippen molar-refractivity contribution in [1.29, 1.82) is 0 Å². The number of nitro groups is 2. The van der Waals surface area contributed by atoms with Gasteiger partial charge in [0.05, 0.1) is 26.1 Å². The smallest absolute Gasteiger partial charge is 0.311 e. The monoisotopic (exact) mass is 526 g/mol. The summed E-state index contributed by atoms with van der Waals surface area (Å²) in [4.78, 5) is 40.7. The Hall–Kier alpha value is -4.90. The molecule has 2 heterocycles. The van der Waals surface area contributed by atoms with Crippen LogP contribution in [0.25, 0.3) is 11.8 Å². The number of hydrogen-bond acceptors (Lipinski definition) is 8. The highest BCUT2D eigenvalue weighted by molar-refractivity contribution is 7.07. The Morgan fingerprint density at radius 1 is 1.00 bits per heavy atom. The molecule has 3 aromatic carbocycles. The molecule has 188 valence electrons. The maximum atomic E-state index is 13.8. The zero-order valence-corrected chi connectivity index (χ0v) is 20.4. The van der Waals surface area contributed by atoms with Gasteiger partial charge >= 0.3 is 5.69 Å². The van der Waals surface area contributed by atoms with Crippen molar-refractivity contribution in [1.82, 2.24) is 4.57 Å². The first-order chi connectivity index (χ1) is 18.3. The Morgan fingerprint density at radius 2 is 1.82 bits per heavy atom. The largest absolute Gasteiger partial charge is 0.502 e. The van der Waals surface area contributed by atoms with Gasteiger partial charge in [-0.2, -0.15) is 0 Å². The first-order valence-electron chi connectivity index (χ1n) is 11.7. The van der Waals surface area contributed by atoms with E-state index in [2.05, 4.69) is 0 Å². The molecule has 1 aromatic heterocycles. The number of rotatable bonds is 4. The molecule has 0 saturated heterocycles. The van der Waals surface area contributed by atoms with E-state index in [1.165, 1.54) is 36.4 Å². The second-order valence-corrected chi connectivity index (χ2v) is 9.98. The van der Waals surface area contributed by atoms with Crippen LogP contribution in [0.5, 0.6) is 5.75 Å². The van der Waals surface area contributed by atoms with Crippen LogP contribution in [-0.4, -0.2) is 19.5 Å². The van der Waals surface area contributed by atoms with Crippen LogP contribution in [0.15, 0.2) is 82.1 Å². The quantitative estimate of drug-likeness (QED) is 0.316. The minimum Gasteiger partial charge on any atom is -0.502 e. The molecule has 0 bridgehead atoms. The average Bonchev–Trinajstić information content (AvgIpc) is 3.22. The topological polar surface area (TPSA) is 141 Å². The minimum atomic E-state index is -0.692. The fraction of sp³-hybridized carbons (Fsp3) is 0.111. The van der Waals surface area contributed by atoms with Crippen LogP contribution in [0.1, 0.15) is 34.7 Å². The van der Waals surface area contributed by atoms with Crippen molar-refractivity contribution >= 4 is 34.5 Å². The zero-order chi connectivity index (χ0) is 26.6. The molecule has 2 aliphatic rings. The molecule has 0 unspecified atom stereocenters. The highest BCUT2D eigenvalue weighted by Crippen LogP contribution is 2.41. The lowest BCUT2D eigenvalue weighted by Gasteiger charge is -2.30. The number of phenolic OH excluding ortho intramolecular Hbond substituents is 1. The van der Waals surface area contributed by atoms with Crippen LogP contribution in [0.2, 0.25) is 0 Å². The van der Waals surface area contributed by atoms with E-state index in [9.17, 15) is 30.1 Å². The Balaban J connectivity index is 1.61. The molecule has 0 saturated carbocycles. The molecule has 0 radical (unpaired) electrons. The van der Waals surface area contributed by atoms with Crippen LogP contribution in [-0.2, 0) is 6.42 Å². The molecule has 1 N–H and O–H groups in total. The van der Waals surface area contributed by atoms with Crippen molar-refractivity contribution in [3.63, 3.8) is 0 Å². The Bertz CT molecular complexity index is 1890. The van der Waals surface area contributed by atoms with E-state index in [0.29, 0.717) is 26.9 Å². The van der Waals surface area contributed by atoms with Gasteiger partial charge in [0.15, 0.2) is 10.6 Å². The van der Waals surface area contributed by atoms with Crippen molar-refractivity contribution < 1.29 is 15.0 Å². The molecule has 0 spiro atoms. The van der Waals surface area contributed by atoms with Gasteiger partial charge in [0.1, 0.15) is 0 Å². The number of non-ortho nitro benzene ring substituents is 1. The third-order valence-electron chi connectivity index (χ3n) is 6.76. The SMILES string of the molecule is O=c1/c(=C\c2ccc(O)c([N+](=O)[O-])c2)sc2n1[C@@H](c1cccc([N+](=O)[O-])c1)C1=C(N=2)c2ccccc2CC1. The summed E-state index contributed by atoms with van der Waals surface area (Å²) >= 11 is 1.14. The average molecular weight is 527 g/mol. The van der Waals surface area contributed by atoms with Crippen LogP contribution >= 0.6 is 11.3 Å². The standard InChI is InChI=1S/C27H18N4O6S/c32-22-11-8-15(12-21(22)31(36)37)13-23-26(33)29-25(17-5-3-6-18(14-17)30(34)35)20-10-9-16-4-1-2-7-19(16)24(20)28-27(29)38-23/h1-8,11-14,25,32H,9-10H2/b23-13+/t25-/m0/s1. The van der Waals surface area contributed by atoms with Crippen molar-refractivity contribution in [3.8, 4) is 5.75 Å². The second kappa shape index (κ2) is 8.89. The lowest BCUT2D eigenvalue weighted by atomic mass is 9.83. The van der Waals surface area contributed by atoms with Gasteiger partial charge in [-0.25, -0.2) is 4.99 Å². The summed E-state index contributed by atoms with van der Waals surface area (Å²) in [5, 5.41) is 32.6. The molecule has 1 aliphatic heterocycles. The number of thiazole rings is 1. The number of aromatic nitrogens is 1. The second-order valence-electron chi connectivity index (χ2n) is 8.97. The summed E-state index contributed by atoms with van der Waals surface area (Å²) < 4.78 is 1.85. The van der Waals surface area contributed by atoms with E-state index in [-0.39, 0.29) is 11.2 Å². The van der Waals surface area contributed by atoms with Gasteiger partial charge in [-0.15, -0.1) is 0 Å². The molecule has 11 heteroatoms. The molecular formula is C27H18N4O6S. The van der Waals surface area contributed by atoms with E-state index >= 15 is 0 Å². The number of allylic oxidation sites excluding steroid dienone is 1. The number of aromatic hydroxyl groups is 1. The number of benzene rings is 3. The van der Waals surface area contributed by atoms with Crippen molar-refractivity contribution in [2.45, 2.75) is 18.9 Å². The number of nitro benzene ring substituents is 2. The molecule has 1 atom stereocenters. The molecular weight excluding hydrogens is 508 g/mol. The van der Waals surface area contributed by atoms with Crippen LogP contribution in [0.3, 0.4) is 0 Å². The number of nitrogens with zero attached hydrogens (tertiary/aromatic N) is 4. The zero-order valence-electron chi connectivity index (χ0n) is 19.6. The third-order valence-corrected chi connectivity index (χ3v) is 7.75. The van der Waals surface area contributed by atoms with Gasteiger partial charge in [0, 0.05) is 23.8 Å². The molecule has 1 aliphatic carbocycles. The van der Waals surface area contributed by atoms with Gasteiger partial charge in [-0.1, -0.05) is 53.8 Å². The fourth-order valence-electron chi connectivity index (χ4n) is 5.06. The molecule has 10 nitrogen and oxygen atoms in total. The summed E-state index contributed by atoms with van der Waals surface area (Å²) in [5.74, 6) is -0.467. The predicted octanol–water partition coefficient (Wildman–Crippen LogP) is 3.84. The summed E-state index contributed by atoms with van der Waals surface area (Å²) in [7, 11) is 0. The van der Waals surface area contributed by atoms with Crippen molar-refractivity contribution in [3.05, 3.63) is 134 Å². The first-order valence-corrected chi connectivity index (χ1v) is 12.5. The van der Waals surface area contributed by atoms with E-state index in [4.69, 9.17) is 4.99 Å². The Morgan fingerprint density at radius 3 is 2.61 bits per heavy atom. The van der Waals surface area contributed by atoms with E-state index in [1.807, 2.05) is 24.3 Å². The molecule has 6 rings (SSSR count). The fourth-order valence-corrected chi connectivity index (χ4v) is 6.06. The van der Waals surface area contributed by atoms with E-state index in [0.717, 1.165) is 40.2 Å². The van der Waals surface area contributed by atoms with Crippen molar-refractivity contribution in [2.24, 2.45) is 4.99 Å². The molecule has 0 fully saturated rings. The first kappa shape index (κ1) is 23.5. The summed E-state index contributed by atoms with van der Waals surface area (Å²) in [6.45, 7) is 0. The minimum absolute atomic E-state index is 0.0728. The lowest BCUT2D eigenvalue weighted by Crippen LogP contribution is -2.38. The summed E-state index contributed by atoms with van der Waals surface area (Å²) in [5.41, 5.74) is 3.87.